The van der Waals surface area contributed by atoms with Crippen LogP contribution < -0.4 is 4.72 Å². The van der Waals surface area contributed by atoms with Gasteiger partial charge in [-0.3, -0.25) is 4.90 Å². The van der Waals surface area contributed by atoms with Crippen molar-refractivity contribution in [3.63, 3.8) is 0 Å². The molecule has 2 N–H and O–H groups in total. The molecule has 0 bridgehead atoms. The maximum absolute atomic E-state index is 11.5. The molecule has 172 valence electrons. The summed E-state index contributed by atoms with van der Waals surface area (Å²) in [6.07, 6.45) is -3.25. The van der Waals surface area contributed by atoms with E-state index in [0.717, 1.165) is 50.5 Å². The van der Waals surface area contributed by atoms with Crippen LogP contribution in [-0.2, 0) is 26.1 Å². The molecule has 0 radical (unpaired) electrons. The summed E-state index contributed by atoms with van der Waals surface area (Å²) in [6, 6.07) is 1.96. The number of aryl methyl sites for hydroxylation is 1. The smallest absolute Gasteiger partial charge is 0.475 e. The van der Waals surface area contributed by atoms with Gasteiger partial charge in [0.1, 0.15) is 5.76 Å². The van der Waals surface area contributed by atoms with Crippen LogP contribution in [0.15, 0.2) is 10.6 Å². The van der Waals surface area contributed by atoms with E-state index in [2.05, 4.69) is 14.8 Å². The van der Waals surface area contributed by atoms with Crippen molar-refractivity contribution in [3.05, 3.63) is 17.5 Å². The van der Waals surface area contributed by atoms with E-state index in [-0.39, 0.29) is 11.4 Å². The minimum Gasteiger partial charge on any atom is -0.475 e. The van der Waals surface area contributed by atoms with Gasteiger partial charge in [0.2, 0.25) is 10.0 Å². The maximum atomic E-state index is 11.5. The number of hydrogen-bond donors (Lipinski definition) is 2. The Labute approximate surface area is 172 Å². The average molecular weight is 457 g/mol. The monoisotopic (exact) mass is 457 g/mol. The van der Waals surface area contributed by atoms with Gasteiger partial charge < -0.3 is 14.4 Å². The molecule has 2 fully saturated rings. The Bertz CT molecular complexity index is 821. The van der Waals surface area contributed by atoms with E-state index in [1.165, 1.54) is 0 Å². The zero-order chi connectivity index (χ0) is 22.6. The van der Waals surface area contributed by atoms with Crippen molar-refractivity contribution >= 4 is 16.0 Å². The molecule has 3 heterocycles. The number of ether oxygens (including phenoxy) is 1. The van der Waals surface area contributed by atoms with Crippen molar-refractivity contribution in [3.8, 4) is 0 Å². The fourth-order valence-electron chi connectivity index (χ4n) is 3.58. The molecule has 0 aliphatic carbocycles. The molecular weight excluding hydrogens is 431 g/mol. The first-order chi connectivity index (χ1) is 13.9. The molecule has 1 aromatic heterocycles. The van der Waals surface area contributed by atoms with Gasteiger partial charge in [-0.05, 0) is 32.6 Å². The second-order valence-corrected chi connectivity index (χ2v) is 9.46. The Kier molecular flexibility index (Phi) is 7.88. The van der Waals surface area contributed by atoms with Crippen LogP contribution in [0.25, 0.3) is 0 Å². The lowest BCUT2D eigenvalue weighted by atomic mass is 9.79. The lowest BCUT2D eigenvalue weighted by molar-refractivity contribution is -0.192. The number of alkyl halides is 3. The van der Waals surface area contributed by atoms with E-state index in [9.17, 15) is 21.6 Å². The molecule has 2 aliphatic heterocycles. The van der Waals surface area contributed by atoms with Crippen LogP contribution in [0.1, 0.15) is 31.2 Å². The summed E-state index contributed by atoms with van der Waals surface area (Å²) in [7, 11) is -3.11. The molecule has 1 spiro atoms. The van der Waals surface area contributed by atoms with Gasteiger partial charge in [0.25, 0.3) is 0 Å². The largest absolute Gasteiger partial charge is 0.490 e. The maximum Gasteiger partial charge on any atom is 0.490 e. The molecule has 2 aliphatic rings. The van der Waals surface area contributed by atoms with Crippen LogP contribution in [0.2, 0.25) is 0 Å². The summed E-state index contributed by atoms with van der Waals surface area (Å²) in [5.74, 6) is -1.39. The van der Waals surface area contributed by atoms with E-state index in [1.54, 1.807) is 6.92 Å². The highest BCUT2D eigenvalue weighted by Gasteiger charge is 2.52. The molecular formula is C17H26F3N3O6S. The third kappa shape index (κ3) is 6.65. The predicted molar refractivity (Wildman–Crippen MR) is 99.1 cm³/mol. The van der Waals surface area contributed by atoms with Crippen LogP contribution in [0.5, 0.6) is 0 Å². The minimum absolute atomic E-state index is 0.101. The number of hydrogen-bond acceptors (Lipinski definition) is 7. The van der Waals surface area contributed by atoms with E-state index >= 15 is 0 Å². The van der Waals surface area contributed by atoms with Crippen molar-refractivity contribution in [1.82, 2.24) is 14.8 Å². The average Bonchev–Trinajstić information content (AvgIpc) is 3.21. The molecule has 0 aromatic carbocycles. The summed E-state index contributed by atoms with van der Waals surface area (Å²) in [5, 5.41) is 11.1. The number of carbonyl (C=O) groups is 1. The van der Waals surface area contributed by atoms with Crippen molar-refractivity contribution in [2.75, 3.05) is 32.0 Å². The summed E-state index contributed by atoms with van der Waals surface area (Å²) >= 11 is 0. The Morgan fingerprint density at radius 3 is 2.57 bits per heavy atom. The van der Waals surface area contributed by atoms with Gasteiger partial charge in [0.05, 0.1) is 17.0 Å². The Morgan fingerprint density at radius 2 is 2.07 bits per heavy atom. The van der Waals surface area contributed by atoms with Crippen LogP contribution in [0, 0.1) is 12.8 Å². The number of likely N-dealkylation sites (tertiary alicyclic amines) is 1. The highest BCUT2D eigenvalue weighted by atomic mass is 32.2. The summed E-state index contributed by atoms with van der Waals surface area (Å²) in [5.41, 5.74) is 0.846. The standard InChI is InChI=1S/C15H25N3O4S.C2HF3O2/c1-3-23(19,20)16-6-4-13-5-7-21-15(13)10-18(11-15)9-14-8-12(2)22-17-14;3-2(4,5)1(6)7/h8,13,16H,3-7,9-11H2,1-2H3;(H,6,7). The van der Waals surface area contributed by atoms with E-state index in [1.807, 2.05) is 13.0 Å². The Morgan fingerprint density at radius 1 is 1.43 bits per heavy atom. The van der Waals surface area contributed by atoms with Gasteiger partial charge in [0, 0.05) is 38.9 Å². The molecule has 0 saturated carbocycles. The fourth-order valence-corrected chi connectivity index (χ4v) is 4.21. The molecule has 3 rings (SSSR count). The number of aromatic nitrogens is 1. The summed E-state index contributed by atoms with van der Waals surface area (Å²) in [6.45, 7) is 7.34. The second-order valence-electron chi connectivity index (χ2n) is 7.36. The number of carboxylic acid groups (broad SMARTS) is 1. The lowest BCUT2D eigenvalue weighted by Crippen LogP contribution is -2.64. The first kappa shape index (κ1) is 24.6. The van der Waals surface area contributed by atoms with Crippen LogP contribution in [-0.4, -0.2) is 73.3 Å². The third-order valence-corrected chi connectivity index (χ3v) is 6.49. The predicted octanol–water partition coefficient (Wildman–Crippen LogP) is 1.54. The molecule has 13 heteroatoms. The molecule has 1 atom stereocenters. The van der Waals surface area contributed by atoms with Gasteiger partial charge in [0.15, 0.2) is 0 Å². The van der Waals surface area contributed by atoms with Gasteiger partial charge in [-0.15, -0.1) is 0 Å². The number of carboxylic acids is 1. The molecule has 9 nitrogen and oxygen atoms in total. The van der Waals surface area contributed by atoms with Crippen LogP contribution >= 0.6 is 0 Å². The number of rotatable bonds is 7. The van der Waals surface area contributed by atoms with Crippen molar-refractivity contribution in [2.45, 2.75) is 45.0 Å². The lowest BCUT2D eigenvalue weighted by Gasteiger charge is -2.50. The topological polar surface area (TPSA) is 122 Å². The van der Waals surface area contributed by atoms with Gasteiger partial charge in [-0.1, -0.05) is 5.16 Å². The zero-order valence-electron chi connectivity index (χ0n) is 16.7. The first-order valence-electron chi connectivity index (χ1n) is 9.43. The number of aliphatic carboxylic acids is 1. The SMILES string of the molecule is CCS(=O)(=O)NCCC1CCOC12CN(Cc1cc(C)on1)C2.O=C(O)C(F)(F)F. The fraction of sp³-hybridized carbons (Fsp3) is 0.765. The summed E-state index contributed by atoms with van der Waals surface area (Å²) in [4.78, 5) is 11.2. The van der Waals surface area contributed by atoms with Gasteiger partial charge >= 0.3 is 12.1 Å². The third-order valence-electron chi connectivity index (χ3n) is 5.08. The number of nitrogens with zero attached hydrogens (tertiary/aromatic N) is 2. The molecule has 1 aromatic rings. The van der Waals surface area contributed by atoms with E-state index < -0.39 is 22.2 Å². The van der Waals surface area contributed by atoms with Crippen molar-refractivity contribution in [1.29, 1.82) is 0 Å². The van der Waals surface area contributed by atoms with Crippen LogP contribution in [0.4, 0.5) is 13.2 Å². The minimum atomic E-state index is -5.08. The highest BCUT2D eigenvalue weighted by Crippen LogP contribution is 2.42. The molecule has 2 saturated heterocycles. The number of sulfonamides is 1. The number of nitrogens with one attached hydrogen (secondary N) is 1. The molecule has 30 heavy (non-hydrogen) atoms. The highest BCUT2D eigenvalue weighted by molar-refractivity contribution is 7.89. The summed E-state index contributed by atoms with van der Waals surface area (Å²) < 4.78 is 68.5. The zero-order valence-corrected chi connectivity index (χ0v) is 17.6. The van der Waals surface area contributed by atoms with E-state index in [0.29, 0.717) is 12.5 Å². The number of halogens is 3. The van der Waals surface area contributed by atoms with E-state index in [4.69, 9.17) is 19.2 Å². The van der Waals surface area contributed by atoms with Crippen LogP contribution in [0.3, 0.4) is 0 Å². The van der Waals surface area contributed by atoms with Gasteiger partial charge in [-0.2, -0.15) is 13.2 Å². The Balaban J connectivity index is 0.000000396. The molecule has 0 amide bonds. The Hall–Kier alpha value is -1.70. The first-order valence-corrected chi connectivity index (χ1v) is 11.1. The van der Waals surface area contributed by atoms with Crippen molar-refractivity contribution < 1.29 is 40.8 Å². The molecule has 1 unspecified atom stereocenters. The second kappa shape index (κ2) is 9.62. The normalized spacial score (nSPS) is 21.2. The quantitative estimate of drug-likeness (QED) is 0.632. The van der Waals surface area contributed by atoms with Crippen molar-refractivity contribution in [2.24, 2.45) is 5.92 Å². The van der Waals surface area contributed by atoms with Gasteiger partial charge in [-0.25, -0.2) is 17.9 Å².